The van der Waals surface area contributed by atoms with E-state index in [1.165, 1.54) is 0 Å². The molecule has 2 aromatic carbocycles. The van der Waals surface area contributed by atoms with E-state index in [2.05, 4.69) is 6.07 Å². The monoisotopic (exact) mass is 195 g/mol. The predicted molar refractivity (Wildman–Crippen MR) is 52.8 cm³/mol. The Morgan fingerprint density at radius 3 is 2.67 bits per heavy atom. The van der Waals surface area contributed by atoms with Crippen molar-refractivity contribution < 1.29 is 0 Å². The van der Waals surface area contributed by atoms with Crippen molar-refractivity contribution in [3.05, 3.63) is 46.4 Å². The zero-order chi connectivity index (χ0) is 8.55. The van der Waals surface area contributed by atoms with Crippen molar-refractivity contribution in [2.24, 2.45) is 0 Å². The molecular weight excluding hydrogens is 191 g/mol. The molecule has 0 saturated carbocycles. The molecule has 12 heavy (non-hydrogen) atoms. The van der Waals surface area contributed by atoms with E-state index >= 15 is 0 Å². The van der Waals surface area contributed by atoms with Gasteiger partial charge in [0.05, 0.1) is 0 Å². The molecule has 2 rings (SSSR count). The molecule has 2 aromatic rings. The minimum atomic E-state index is 0.616. The summed E-state index contributed by atoms with van der Waals surface area (Å²) in [5.41, 5.74) is 0. The van der Waals surface area contributed by atoms with E-state index in [1.807, 2.05) is 24.3 Å². The van der Waals surface area contributed by atoms with Crippen molar-refractivity contribution in [1.82, 2.24) is 0 Å². The van der Waals surface area contributed by atoms with Crippen LogP contribution in [0.25, 0.3) is 10.8 Å². The molecule has 1 radical (unpaired) electrons. The third kappa shape index (κ3) is 1.28. The zero-order valence-electron chi connectivity index (χ0n) is 6.14. The Bertz CT molecular complexity index is 421. The van der Waals surface area contributed by atoms with Crippen LogP contribution < -0.4 is 0 Å². The Balaban J connectivity index is 2.86. The lowest BCUT2D eigenvalue weighted by atomic mass is 10.1. The number of benzene rings is 2. The van der Waals surface area contributed by atoms with Gasteiger partial charge in [-0.15, -0.1) is 0 Å². The summed E-state index contributed by atoms with van der Waals surface area (Å²) < 4.78 is 0. The van der Waals surface area contributed by atoms with Crippen LogP contribution in [0.2, 0.25) is 10.0 Å². The van der Waals surface area contributed by atoms with Gasteiger partial charge in [0.2, 0.25) is 0 Å². The fourth-order valence-corrected chi connectivity index (χ4v) is 1.54. The summed E-state index contributed by atoms with van der Waals surface area (Å²) >= 11 is 11.7. The first-order valence-corrected chi connectivity index (χ1v) is 4.29. The summed E-state index contributed by atoms with van der Waals surface area (Å²) in [7, 11) is 0. The Hall–Kier alpha value is -0.720. The molecule has 0 fully saturated rings. The van der Waals surface area contributed by atoms with Crippen LogP contribution in [0.1, 0.15) is 0 Å². The van der Waals surface area contributed by atoms with E-state index < -0.39 is 0 Å². The molecule has 0 bridgehead atoms. The molecule has 0 aliphatic rings. The Kier molecular flexibility index (Phi) is 1.95. The molecule has 0 N–H and O–H groups in total. The number of hydrogen-bond donors (Lipinski definition) is 0. The molecular formula is C10H5Cl2. The molecule has 0 atom stereocenters. The SMILES string of the molecule is Clc1[c]c2cccc(Cl)c2cc1. The van der Waals surface area contributed by atoms with Crippen LogP contribution in [0.3, 0.4) is 0 Å². The summed E-state index contributed by atoms with van der Waals surface area (Å²) in [5, 5.41) is 3.30. The van der Waals surface area contributed by atoms with Gasteiger partial charge in [-0.2, -0.15) is 0 Å². The van der Waals surface area contributed by atoms with Crippen LogP contribution in [0.4, 0.5) is 0 Å². The van der Waals surface area contributed by atoms with Crippen molar-refractivity contribution in [2.45, 2.75) is 0 Å². The van der Waals surface area contributed by atoms with E-state index in [0.29, 0.717) is 5.02 Å². The van der Waals surface area contributed by atoms with Crippen molar-refractivity contribution in [3.8, 4) is 0 Å². The van der Waals surface area contributed by atoms with Gasteiger partial charge >= 0.3 is 0 Å². The van der Waals surface area contributed by atoms with Crippen molar-refractivity contribution >= 4 is 34.0 Å². The van der Waals surface area contributed by atoms with Crippen LogP contribution in [0, 0.1) is 6.07 Å². The fourth-order valence-electron chi connectivity index (χ4n) is 1.14. The summed E-state index contributed by atoms with van der Waals surface area (Å²) in [6.07, 6.45) is 0. The predicted octanol–water partition coefficient (Wildman–Crippen LogP) is 3.95. The van der Waals surface area contributed by atoms with Gasteiger partial charge in [0, 0.05) is 21.5 Å². The topological polar surface area (TPSA) is 0 Å². The molecule has 0 saturated heterocycles. The van der Waals surface area contributed by atoms with Gasteiger partial charge in [0.25, 0.3) is 0 Å². The lowest BCUT2D eigenvalue weighted by Crippen LogP contribution is -1.73. The van der Waals surface area contributed by atoms with E-state index in [0.717, 1.165) is 15.8 Å². The molecule has 0 nitrogen and oxygen atoms in total. The molecule has 2 heteroatoms. The third-order valence-corrected chi connectivity index (χ3v) is 2.25. The molecule has 0 aliphatic carbocycles. The van der Waals surface area contributed by atoms with Crippen molar-refractivity contribution in [2.75, 3.05) is 0 Å². The summed E-state index contributed by atoms with van der Waals surface area (Å²) in [6.45, 7) is 0. The van der Waals surface area contributed by atoms with Gasteiger partial charge in [-0.05, 0) is 17.5 Å². The Morgan fingerprint density at radius 2 is 1.83 bits per heavy atom. The first kappa shape index (κ1) is 7.90. The van der Waals surface area contributed by atoms with Gasteiger partial charge in [0.15, 0.2) is 0 Å². The van der Waals surface area contributed by atoms with Crippen LogP contribution in [0.15, 0.2) is 30.3 Å². The van der Waals surface area contributed by atoms with Crippen molar-refractivity contribution in [3.63, 3.8) is 0 Å². The highest BCUT2D eigenvalue weighted by Gasteiger charge is 1.97. The maximum absolute atomic E-state index is 5.95. The van der Waals surface area contributed by atoms with Crippen LogP contribution in [0.5, 0.6) is 0 Å². The maximum atomic E-state index is 5.95. The van der Waals surface area contributed by atoms with Gasteiger partial charge in [-0.1, -0.05) is 41.4 Å². The lowest BCUT2D eigenvalue weighted by Gasteiger charge is -1.98. The minimum Gasteiger partial charge on any atom is -0.0837 e. The first-order valence-electron chi connectivity index (χ1n) is 3.53. The lowest BCUT2D eigenvalue weighted by molar-refractivity contribution is 1.73. The molecule has 0 unspecified atom stereocenters. The number of fused-ring (bicyclic) bond motifs is 1. The normalized spacial score (nSPS) is 10.5. The highest BCUT2D eigenvalue weighted by atomic mass is 35.5. The van der Waals surface area contributed by atoms with E-state index in [4.69, 9.17) is 23.2 Å². The second-order valence-corrected chi connectivity index (χ2v) is 3.32. The third-order valence-electron chi connectivity index (χ3n) is 1.70. The van der Waals surface area contributed by atoms with Gasteiger partial charge in [-0.3, -0.25) is 0 Å². The number of rotatable bonds is 0. The highest BCUT2D eigenvalue weighted by molar-refractivity contribution is 6.36. The van der Waals surface area contributed by atoms with E-state index in [-0.39, 0.29) is 0 Å². The first-order chi connectivity index (χ1) is 5.77. The van der Waals surface area contributed by atoms with Gasteiger partial charge in [0.1, 0.15) is 0 Å². The van der Waals surface area contributed by atoms with Crippen LogP contribution >= 0.6 is 23.2 Å². The van der Waals surface area contributed by atoms with Crippen LogP contribution in [-0.4, -0.2) is 0 Å². The number of halogens is 2. The smallest absolute Gasteiger partial charge is 0.0491 e. The average molecular weight is 196 g/mol. The molecule has 0 aliphatic heterocycles. The van der Waals surface area contributed by atoms with Crippen LogP contribution in [-0.2, 0) is 0 Å². The highest BCUT2D eigenvalue weighted by Crippen LogP contribution is 2.24. The number of hydrogen-bond acceptors (Lipinski definition) is 0. The Morgan fingerprint density at radius 1 is 1.00 bits per heavy atom. The molecule has 0 spiro atoms. The maximum Gasteiger partial charge on any atom is 0.0491 e. The standard InChI is InChI=1S/C10H5Cl2/c11-8-4-5-9-7(6-8)2-1-3-10(9)12/h1-5H. The van der Waals surface area contributed by atoms with E-state index in [1.54, 1.807) is 6.07 Å². The fraction of sp³-hybridized carbons (Fsp3) is 0. The molecule has 59 valence electrons. The minimum absolute atomic E-state index is 0.616. The quantitative estimate of drug-likeness (QED) is 0.598. The van der Waals surface area contributed by atoms with Gasteiger partial charge in [-0.25, -0.2) is 0 Å². The summed E-state index contributed by atoms with van der Waals surface area (Å²) in [4.78, 5) is 0. The second kappa shape index (κ2) is 2.96. The summed E-state index contributed by atoms with van der Waals surface area (Å²) in [5.74, 6) is 0. The van der Waals surface area contributed by atoms with E-state index in [9.17, 15) is 0 Å². The second-order valence-electron chi connectivity index (χ2n) is 2.51. The molecule has 0 heterocycles. The zero-order valence-corrected chi connectivity index (χ0v) is 7.65. The largest absolute Gasteiger partial charge is 0.0837 e. The Labute approximate surface area is 80.7 Å². The average Bonchev–Trinajstić information content (AvgIpc) is 2.04. The summed E-state index contributed by atoms with van der Waals surface area (Å²) in [6, 6.07) is 12.4. The van der Waals surface area contributed by atoms with Crippen molar-refractivity contribution in [1.29, 1.82) is 0 Å². The molecule has 0 aromatic heterocycles. The van der Waals surface area contributed by atoms with Gasteiger partial charge < -0.3 is 0 Å². The molecule has 0 amide bonds.